The van der Waals surface area contributed by atoms with Crippen LogP contribution in [-0.4, -0.2) is 28.1 Å². The first kappa shape index (κ1) is 15.4. The molecule has 1 amide bonds. The highest BCUT2D eigenvalue weighted by Gasteiger charge is 2.25. The van der Waals surface area contributed by atoms with E-state index in [4.69, 9.17) is 0 Å². The molecular formula is C20H18N2O3. The average molecular weight is 334 g/mol. The molecule has 0 spiro atoms. The SMILES string of the molecule is Cc1cc(Cn2c3c(c4ccccc42)C(=O)NCC3)ccc1C(=O)O. The Morgan fingerprint density at radius 3 is 2.80 bits per heavy atom. The molecule has 1 aliphatic heterocycles. The van der Waals surface area contributed by atoms with Crippen molar-refractivity contribution in [1.82, 2.24) is 9.88 Å². The number of nitrogens with one attached hydrogen (secondary N) is 1. The van der Waals surface area contributed by atoms with Crippen molar-refractivity contribution in [1.29, 1.82) is 0 Å². The van der Waals surface area contributed by atoms with Gasteiger partial charge in [-0.1, -0.05) is 30.3 Å². The zero-order chi connectivity index (χ0) is 17.6. The van der Waals surface area contributed by atoms with Crippen LogP contribution in [0, 0.1) is 6.92 Å². The number of carbonyl (C=O) groups is 2. The zero-order valence-electron chi connectivity index (χ0n) is 13.9. The number of para-hydroxylation sites is 1. The second-order valence-electron chi connectivity index (χ2n) is 6.39. The normalized spacial score (nSPS) is 13.6. The Morgan fingerprint density at radius 1 is 1.24 bits per heavy atom. The van der Waals surface area contributed by atoms with Crippen LogP contribution in [0.25, 0.3) is 10.9 Å². The van der Waals surface area contributed by atoms with Crippen LogP contribution in [0.3, 0.4) is 0 Å². The number of hydrogen-bond acceptors (Lipinski definition) is 2. The number of fused-ring (bicyclic) bond motifs is 3. The van der Waals surface area contributed by atoms with Gasteiger partial charge in [0.25, 0.3) is 5.91 Å². The summed E-state index contributed by atoms with van der Waals surface area (Å²) in [6.07, 6.45) is 0.794. The summed E-state index contributed by atoms with van der Waals surface area (Å²) < 4.78 is 2.18. The van der Waals surface area contributed by atoms with Crippen molar-refractivity contribution >= 4 is 22.8 Å². The standard InChI is InChI=1S/C20H18N2O3/c1-12-10-13(6-7-14(12)20(24)25)11-22-16-5-3-2-4-15(16)18-17(22)8-9-21-19(18)23/h2-7,10H,8-9,11H2,1H3,(H,21,23)(H,24,25). The van der Waals surface area contributed by atoms with E-state index < -0.39 is 5.97 Å². The van der Waals surface area contributed by atoms with Gasteiger partial charge < -0.3 is 15.0 Å². The molecule has 2 aromatic carbocycles. The summed E-state index contributed by atoms with van der Waals surface area (Å²) in [6, 6.07) is 13.3. The molecule has 5 nitrogen and oxygen atoms in total. The van der Waals surface area contributed by atoms with E-state index in [9.17, 15) is 14.7 Å². The van der Waals surface area contributed by atoms with Crippen molar-refractivity contribution in [2.24, 2.45) is 0 Å². The highest BCUT2D eigenvalue weighted by molar-refractivity contribution is 6.09. The van der Waals surface area contributed by atoms with Gasteiger partial charge in [-0.05, 0) is 30.2 Å². The molecule has 126 valence electrons. The van der Waals surface area contributed by atoms with Crippen LogP contribution in [0.15, 0.2) is 42.5 Å². The Kier molecular flexibility index (Phi) is 3.57. The van der Waals surface area contributed by atoms with E-state index in [0.29, 0.717) is 18.7 Å². The molecule has 0 saturated heterocycles. The molecule has 0 radical (unpaired) electrons. The van der Waals surface area contributed by atoms with Crippen LogP contribution in [0.1, 0.15) is 37.5 Å². The molecule has 4 rings (SSSR count). The molecule has 0 saturated carbocycles. The Hall–Kier alpha value is -3.08. The number of carboxylic acids is 1. The summed E-state index contributed by atoms with van der Waals surface area (Å²) in [6.45, 7) is 3.06. The number of amides is 1. The lowest BCUT2D eigenvalue weighted by atomic mass is 10.0. The fraction of sp³-hybridized carbons (Fsp3) is 0.200. The number of aryl methyl sites for hydroxylation is 1. The maximum atomic E-state index is 12.3. The van der Waals surface area contributed by atoms with E-state index in [1.54, 1.807) is 6.07 Å². The van der Waals surface area contributed by atoms with E-state index in [0.717, 1.165) is 39.7 Å². The number of benzene rings is 2. The number of carboxylic acid groups (broad SMARTS) is 1. The van der Waals surface area contributed by atoms with Crippen molar-refractivity contribution in [3.05, 3.63) is 70.4 Å². The van der Waals surface area contributed by atoms with Crippen LogP contribution < -0.4 is 5.32 Å². The lowest BCUT2D eigenvalue weighted by Gasteiger charge is -2.17. The Bertz CT molecular complexity index is 1020. The van der Waals surface area contributed by atoms with Gasteiger partial charge in [0.15, 0.2) is 0 Å². The van der Waals surface area contributed by atoms with Crippen LogP contribution in [0.5, 0.6) is 0 Å². The molecule has 0 fully saturated rings. The van der Waals surface area contributed by atoms with Crippen LogP contribution in [-0.2, 0) is 13.0 Å². The molecule has 2 heterocycles. The van der Waals surface area contributed by atoms with Gasteiger partial charge in [0.05, 0.1) is 11.1 Å². The monoisotopic (exact) mass is 334 g/mol. The summed E-state index contributed by atoms with van der Waals surface area (Å²) in [4.78, 5) is 23.6. The molecule has 0 aliphatic carbocycles. The molecule has 0 atom stereocenters. The predicted molar refractivity (Wildman–Crippen MR) is 95.2 cm³/mol. The van der Waals surface area contributed by atoms with E-state index in [1.807, 2.05) is 43.3 Å². The number of aromatic nitrogens is 1. The molecule has 0 bridgehead atoms. The number of rotatable bonds is 3. The maximum absolute atomic E-state index is 12.3. The van der Waals surface area contributed by atoms with Crippen molar-refractivity contribution in [3.63, 3.8) is 0 Å². The number of nitrogens with zero attached hydrogens (tertiary/aromatic N) is 1. The van der Waals surface area contributed by atoms with Crippen molar-refractivity contribution in [3.8, 4) is 0 Å². The first-order chi connectivity index (χ1) is 12.1. The van der Waals surface area contributed by atoms with Gasteiger partial charge in [0.1, 0.15) is 0 Å². The minimum atomic E-state index is -0.912. The maximum Gasteiger partial charge on any atom is 0.335 e. The van der Waals surface area contributed by atoms with Gasteiger partial charge in [-0.25, -0.2) is 4.79 Å². The average Bonchev–Trinajstić information content (AvgIpc) is 2.90. The summed E-state index contributed by atoms with van der Waals surface area (Å²) in [5, 5.41) is 13.1. The Balaban J connectivity index is 1.84. The fourth-order valence-corrected chi connectivity index (χ4v) is 3.68. The molecular weight excluding hydrogens is 316 g/mol. The fourth-order valence-electron chi connectivity index (χ4n) is 3.68. The van der Waals surface area contributed by atoms with Crippen LogP contribution in [0.2, 0.25) is 0 Å². The molecule has 1 aromatic heterocycles. The highest BCUT2D eigenvalue weighted by Crippen LogP contribution is 2.29. The van der Waals surface area contributed by atoms with Crippen LogP contribution >= 0.6 is 0 Å². The van der Waals surface area contributed by atoms with E-state index in [-0.39, 0.29) is 5.91 Å². The summed E-state index contributed by atoms with van der Waals surface area (Å²) in [5.41, 5.74) is 4.93. The second kappa shape index (κ2) is 5.77. The van der Waals surface area contributed by atoms with Gasteiger partial charge >= 0.3 is 5.97 Å². The quantitative estimate of drug-likeness (QED) is 0.773. The van der Waals surface area contributed by atoms with E-state index in [1.165, 1.54) is 0 Å². The summed E-state index contributed by atoms with van der Waals surface area (Å²) >= 11 is 0. The predicted octanol–water partition coefficient (Wildman–Crippen LogP) is 2.98. The molecule has 3 aromatic rings. The van der Waals surface area contributed by atoms with Gasteiger partial charge in [-0.3, -0.25) is 4.79 Å². The largest absolute Gasteiger partial charge is 0.478 e. The van der Waals surface area contributed by atoms with Gasteiger partial charge in [0, 0.05) is 36.1 Å². The zero-order valence-corrected chi connectivity index (χ0v) is 13.9. The molecule has 0 unspecified atom stereocenters. The van der Waals surface area contributed by atoms with Crippen LogP contribution in [0.4, 0.5) is 0 Å². The van der Waals surface area contributed by atoms with Gasteiger partial charge in [-0.15, -0.1) is 0 Å². The lowest BCUT2D eigenvalue weighted by molar-refractivity contribution is 0.0695. The van der Waals surface area contributed by atoms with Gasteiger partial charge in [-0.2, -0.15) is 0 Å². The van der Waals surface area contributed by atoms with Crippen molar-refractivity contribution in [2.75, 3.05) is 6.54 Å². The number of carbonyl (C=O) groups excluding carboxylic acids is 1. The molecule has 1 aliphatic rings. The Morgan fingerprint density at radius 2 is 2.04 bits per heavy atom. The third-order valence-electron chi connectivity index (χ3n) is 4.81. The summed E-state index contributed by atoms with van der Waals surface area (Å²) in [5.74, 6) is -0.932. The second-order valence-corrected chi connectivity index (χ2v) is 6.39. The number of hydrogen-bond donors (Lipinski definition) is 2. The first-order valence-electron chi connectivity index (χ1n) is 8.27. The third-order valence-corrected chi connectivity index (χ3v) is 4.81. The smallest absolute Gasteiger partial charge is 0.335 e. The Labute approximate surface area is 144 Å². The molecule has 5 heteroatoms. The molecule has 2 N–H and O–H groups in total. The minimum absolute atomic E-state index is 0.0198. The van der Waals surface area contributed by atoms with Crippen molar-refractivity contribution in [2.45, 2.75) is 19.9 Å². The van der Waals surface area contributed by atoms with E-state index >= 15 is 0 Å². The first-order valence-corrected chi connectivity index (χ1v) is 8.27. The van der Waals surface area contributed by atoms with Gasteiger partial charge in [0.2, 0.25) is 0 Å². The van der Waals surface area contributed by atoms with Crippen molar-refractivity contribution < 1.29 is 14.7 Å². The highest BCUT2D eigenvalue weighted by atomic mass is 16.4. The van der Waals surface area contributed by atoms with E-state index in [2.05, 4.69) is 9.88 Å². The summed E-state index contributed by atoms with van der Waals surface area (Å²) in [7, 11) is 0. The third kappa shape index (κ3) is 2.48. The molecule has 25 heavy (non-hydrogen) atoms. The lowest BCUT2D eigenvalue weighted by Crippen LogP contribution is -2.32. The minimum Gasteiger partial charge on any atom is -0.478 e. The number of aromatic carboxylic acids is 1. The topological polar surface area (TPSA) is 71.3 Å².